The lowest BCUT2D eigenvalue weighted by atomic mass is 10.1. The Bertz CT molecular complexity index is 797. The van der Waals surface area contributed by atoms with Crippen LogP contribution in [0, 0.1) is 11.3 Å². The summed E-state index contributed by atoms with van der Waals surface area (Å²) >= 11 is 1.88. The number of hydrogen-bond donors (Lipinski definition) is 0. The van der Waals surface area contributed by atoms with Crippen molar-refractivity contribution in [2.45, 2.75) is 11.5 Å². The molecular weight excluding hydrogens is 274 g/mol. The van der Waals surface area contributed by atoms with Crippen molar-refractivity contribution >= 4 is 22.5 Å². The van der Waals surface area contributed by atoms with Crippen LogP contribution in [0.3, 0.4) is 0 Å². The third-order valence-corrected chi connectivity index (χ3v) is 4.51. The topological polar surface area (TPSA) is 23.8 Å². The van der Waals surface area contributed by atoms with Gasteiger partial charge in [-0.15, -0.1) is 0 Å². The standard InChI is InChI=1S/C19H15NS/c20-12-15-5-3-6-16(11-15)13-21-14-18-9-4-8-17-7-1-2-10-19(17)18/h1-11H,13-14H2. The van der Waals surface area contributed by atoms with Crippen LogP contribution in [0.25, 0.3) is 10.8 Å². The minimum atomic E-state index is 0.735. The van der Waals surface area contributed by atoms with Crippen molar-refractivity contribution < 1.29 is 0 Å². The first-order valence-electron chi connectivity index (χ1n) is 6.90. The molecule has 0 atom stereocenters. The van der Waals surface area contributed by atoms with Gasteiger partial charge in [-0.3, -0.25) is 0 Å². The Morgan fingerprint density at radius 2 is 1.67 bits per heavy atom. The van der Waals surface area contributed by atoms with Crippen molar-refractivity contribution in [3.8, 4) is 6.07 Å². The Kier molecular flexibility index (Phi) is 4.23. The summed E-state index contributed by atoms with van der Waals surface area (Å²) in [5, 5.41) is 11.6. The second-order valence-corrected chi connectivity index (χ2v) is 5.93. The average molecular weight is 289 g/mol. The highest BCUT2D eigenvalue weighted by Crippen LogP contribution is 2.24. The summed E-state index contributed by atoms with van der Waals surface area (Å²) in [5.74, 6) is 1.91. The fourth-order valence-electron chi connectivity index (χ4n) is 2.43. The van der Waals surface area contributed by atoms with Gasteiger partial charge in [0.25, 0.3) is 0 Å². The minimum Gasteiger partial charge on any atom is -0.192 e. The van der Waals surface area contributed by atoms with Gasteiger partial charge in [-0.1, -0.05) is 54.6 Å². The Morgan fingerprint density at radius 3 is 2.57 bits per heavy atom. The van der Waals surface area contributed by atoms with E-state index in [0.29, 0.717) is 0 Å². The number of thioether (sulfide) groups is 1. The van der Waals surface area contributed by atoms with Crippen LogP contribution >= 0.6 is 11.8 Å². The van der Waals surface area contributed by atoms with Crippen LogP contribution in [-0.4, -0.2) is 0 Å². The van der Waals surface area contributed by atoms with Crippen molar-refractivity contribution in [1.29, 1.82) is 5.26 Å². The lowest BCUT2D eigenvalue weighted by molar-refractivity contribution is 1.36. The zero-order chi connectivity index (χ0) is 14.5. The molecule has 3 aromatic rings. The molecule has 1 nitrogen and oxygen atoms in total. The largest absolute Gasteiger partial charge is 0.192 e. The molecule has 102 valence electrons. The van der Waals surface area contributed by atoms with Crippen LogP contribution < -0.4 is 0 Å². The van der Waals surface area contributed by atoms with E-state index < -0.39 is 0 Å². The highest BCUT2D eigenvalue weighted by Gasteiger charge is 2.01. The van der Waals surface area contributed by atoms with E-state index in [4.69, 9.17) is 5.26 Å². The molecule has 0 aliphatic heterocycles. The van der Waals surface area contributed by atoms with Gasteiger partial charge in [-0.25, -0.2) is 0 Å². The van der Waals surface area contributed by atoms with Crippen LogP contribution in [0.5, 0.6) is 0 Å². The summed E-state index contributed by atoms with van der Waals surface area (Å²) in [6.45, 7) is 0. The zero-order valence-corrected chi connectivity index (χ0v) is 12.4. The van der Waals surface area contributed by atoms with Crippen LogP contribution in [0.1, 0.15) is 16.7 Å². The predicted octanol–water partition coefficient (Wildman–Crippen LogP) is 5.14. The Hall–Kier alpha value is -2.24. The molecule has 0 N–H and O–H groups in total. The van der Waals surface area contributed by atoms with Crippen LogP contribution in [0.4, 0.5) is 0 Å². The van der Waals surface area contributed by atoms with E-state index in [1.165, 1.54) is 21.9 Å². The third-order valence-electron chi connectivity index (χ3n) is 3.46. The highest BCUT2D eigenvalue weighted by atomic mass is 32.2. The summed E-state index contributed by atoms with van der Waals surface area (Å²) in [4.78, 5) is 0. The monoisotopic (exact) mass is 289 g/mol. The number of benzene rings is 3. The van der Waals surface area contributed by atoms with Crippen LogP contribution in [0.15, 0.2) is 66.7 Å². The van der Waals surface area contributed by atoms with Gasteiger partial charge < -0.3 is 0 Å². The van der Waals surface area contributed by atoms with E-state index in [1.54, 1.807) is 0 Å². The van der Waals surface area contributed by atoms with Crippen LogP contribution in [-0.2, 0) is 11.5 Å². The maximum atomic E-state index is 8.93. The molecule has 0 saturated carbocycles. The van der Waals surface area contributed by atoms with Gasteiger partial charge in [0.2, 0.25) is 0 Å². The summed E-state index contributed by atoms with van der Waals surface area (Å²) in [6.07, 6.45) is 0. The quantitative estimate of drug-likeness (QED) is 0.663. The number of rotatable bonds is 4. The number of nitrogens with zero attached hydrogens (tertiary/aromatic N) is 1. The van der Waals surface area contributed by atoms with E-state index >= 15 is 0 Å². The fourth-order valence-corrected chi connectivity index (χ4v) is 3.42. The van der Waals surface area contributed by atoms with Crippen molar-refractivity contribution in [2.24, 2.45) is 0 Å². The summed E-state index contributed by atoms with van der Waals surface area (Å²) in [5.41, 5.74) is 3.31. The molecule has 0 aliphatic rings. The van der Waals surface area contributed by atoms with Gasteiger partial charge in [0.1, 0.15) is 0 Å². The molecule has 0 fully saturated rings. The molecule has 0 bridgehead atoms. The van der Waals surface area contributed by atoms with Gasteiger partial charge in [0.05, 0.1) is 11.6 Å². The van der Waals surface area contributed by atoms with E-state index in [0.717, 1.165) is 17.1 Å². The summed E-state index contributed by atoms with van der Waals surface area (Å²) in [6, 6.07) is 25.0. The van der Waals surface area contributed by atoms with Crippen LogP contribution in [0.2, 0.25) is 0 Å². The molecular formula is C19H15NS. The fraction of sp³-hybridized carbons (Fsp3) is 0.105. The van der Waals surface area contributed by atoms with Crippen molar-refractivity contribution in [3.05, 3.63) is 83.4 Å². The maximum absolute atomic E-state index is 8.93. The molecule has 21 heavy (non-hydrogen) atoms. The first kappa shape index (κ1) is 13.7. The van der Waals surface area contributed by atoms with E-state index in [-0.39, 0.29) is 0 Å². The SMILES string of the molecule is N#Cc1cccc(CSCc2cccc3ccccc23)c1. The molecule has 0 saturated heterocycles. The lowest BCUT2D eigenvalue weighted by Gasteiger charge is -2.07. The maximum Gasteiger partial charge on any atom is 0.0991 e. The summed E-state index contributed by atoms with van der Waals surface area (Å²) in [7, 11) is 0. The zero-order valence-electron chi connectivity index (χ0n) is 11.6. The molecule has 0 aromatic heterocycles. The smallest absolute Gasteiger partial charge is 0.0991 e. The Labute approximate surface area is 129 Å². The predicted molar refractivity (Wildman–Crippen MR) is 90.1 cm³/mol. The van der Waals surface area contributed by atoms with E-state index in [2.05, 4.69) is 54.6 Å². The first-order valence-corrected chi connectivity index (χ1v) is 8.06. The van der Waals surface area contributed by atoms with Gasteiger partial charge in [0.15, 0.2) is 0 Å². The number of nitriles is 1. The van der Waals surface area contributed by atoms with Gasteiger partial charge in [-0.05, 0) is 34.0 Å². The molecule has 0 aliphatic carbocycles. The van der Waals surface area contributed by atoms with E-state index in [1.807, 2.05) is 30.0 Å². The Balaban J connectivity index is 1.71. The minimum absolute atomic E-state index is 0.735. The molecule has 0 radical (unpaired) electrons. The molecule has 3 rings (SSSR count). The van der Waals surface area contributed by atoms with E-state index in [9.17, 15) is 0 Å². The molecule has 0 unspecified atom stereocenters. The highest BCUT2D eigenvalue weighted by molar-refractivity contribution is 7.97. The number of fused-ring (bicyclic) bond motifs is 1. The third kappa shape index (κ3) is 3.26. The average Bonchev–Trinajstić information content (AvgIpc) is 2.55. The molecule has 0 amide bonds. The van der Waals surface area contributed by atoms with Gasteiger partial charge >= 0.3 is 0 Å². The number of hydrogen-bond acceptors (Lipinski definition) is 2. The normalized spacial score (nSPS) is 10.4. The molecule has 2 heteroatoms. The second kappa shape index (κ2) is 6.47. The molecule has 0 spiro atoms. The van der Waals surface area contributed by atoms with Gasteiger partial charge in [-0.2, -0.15) is 17.0 Å². The van der Waals surface area contributed by atoms with Crippen molar-refractivity contribution in [1.82, 2.24) is 0 Å². The van der Waals surface area contributed by atoms with Crippen molar-refractivity contribution in [3.63, 3.8) is 0 Å². The first-order chi connectivity index (χ1) is 10.4. The molecule has 0 heterocycles. The van der Waals surface area contributed by atoms with Gasteiger partial charge in [0, 0.05) is 11.5 Å². The summed E-state index contributed by atoms with van der Waals surface area (Å²) < 4.78 is 0. The second-order valence-electron chi connectivity index (χ2n) is 4.94. The Morgan fingerprint density at radius 1 is 0.857 bits per heavy atom. The molecule has 3 aromatic carbocycles. The lowest BCUT2D eigenvalue weighted by Crippen LogP contribution is -1.86. The van der Waals surface area contributed by atoms with Crippen molar-refractivity contribution in [2.75, 3.05) is 0 Å².